The molecule has 0 fully saturated rings. The lowest BCUT2D eigenvalue weighted by atomic mass is 10.2. The molecule has 0 saturated heterocycles. The number of aromatic nitrogens is 2. The molecule has 24 heavy (non-hydrogen) atoms. The number of likely N-dealkylation sites (N-methyl/N-ethyl adjacent to an activating group) is 1. The van der Waals surface area contributed by atoms with Crippen molar-refractivity contribution < 1.29 is 4.79 Å². The standard InChI is InChI=1S/C19H19N3OS/c1-21(13-15-12-20-22(2)14-15)19(23)11-9-17-8-10-18(24-17)16-6-4-3-5-7-16/h3-12,14H,13H2,1-2H3/b11-9+. The minimum absolute atomic E-state index is 0.0199. The van der Waals surface area contributed by atoms with E-state index in [1.54, 1.807) is 40.2 Å². The predicted octanol–water partition coefficient (Wildman–Crippen LogP) is 3.82. The van der Waals surface area contributed by atoms with Gasteiger partial charge in [0.25, 0.3) is 0 Å². The van der Waals surface area contributed by atoms with Crippen LogP contribution in [0.1, 0.15) is 10.4 Å². The molecule has 0 unspecified atom stereocenters. The van der Waals surface area contributed by atoms with Crippen molar-refractivity contribution in [2.45, 2.75) is 6.54 Å². The van der Waals surface area contributed by atoms with Gasteiger partial charge in [-0.15, -0.1) is 11.3 Å². The van der Waals surface area contributed by atoms with E-state index in [-0.39, 0.29) is 5.91 Å². The fourth-order valence-electron chi connectivity index (χ4n) is 2.39. The van der Waals surface area contributed by atoms with Gasteiger partial charge in [-0.2, -0.15) is 5.10 Å². The van der Waals surface area contributed by atoms with Gasteiger partial charge in [0.05, 0.1) is 6.20 Å². The minimum atomic E-state index is -0.0199. The Morgan fingerprint density at radius 3 is 2.75 bits per heavy atom. The maximum Gasteiger partial charge on any atom is 0.246 e. The first-order valence-electron chi connectivity index (χ1n) is 7.68. The van der Waals surface area contributed by atoms with Gasteiger partial charge in [-0.05, 0) is 23.8 Å². The zero-order valence-corrected chi connectivity index (χ0v) is 14.5. The van der Waals surface area contributed by atoms with Crippen LogP contribution in [0, 0.1) is 0 Å². The van der Waals surface area contributed by atoms with Crippen LogP contribution >= 0.6 is 11.3 Å². The molecule has 0 saturated carbocycles. The van der Waals surface area contributed by atoms with Crippen molar-refractivity contribution in [2.24, 2.45) is 7.05 Å². The second kappa shape index (κ2) is 7.27. The molecule has 122 valence electrons. The lowest BCUT2D eigenvalue weighted by molar-refractivity contribution is -0.125. The van der Waals surface area contributed by atoms with Crippen LogP contribution in [0.15, 0.2) is 60.9 Å². The zero-order valence-electron chi connectivity index (χ0n) is 13.7. The smallest absolute Gasteiger partial charge is 0.246 e. The van der Waals surface area contributed by atoms with Crippen LogP contribution in [0.25, 0.3) is 16.5 Å². The second-order valence-electron chi connectivity index (χ2n) is 5.62. The molecule has 3 aromatic rings. The summed E-state index contributed by atoms with van der Waals surface area (Å²) < 4.78 is 1.74. The van der Waals surface area contributed by atoms with Gasteiger partial charge in [-0.3, -0.25) is 9.48 Å². The van der Waals surface area contributed by atoms with Crippen LogP contribution in [0.4, 0.5) is 0 Å². The summed E-state index contributed by atoms with van der Waals surface area (Å²) in [6.45, 7) is 0.552. The van der Waals surface area contributed by atoms with Gasteiger partial charge in [0.2, 0.25) is 5.91 Å². The summed E-state index contributed by atoms with van der Waals surface area (Å²) in [7, 11) is 3.66. The van der Waals surface area contributed by atoms with Gasteiger partial charge in [-0.1, -0.05) is 30.3 Å². The number of thiophene rings is 1. The van der Waals surface area contributed by atoms with Crippen LogP contribution in [0.5, 0.6) is 0 Å². The van der Waals surface area contributed by atoms with E-state index in [2.05, 4.69) is 23.3 Å². The summed E-state index contributed by atoms with van der Waals surface area (Å²) >= 11 is 1.68. The normalized spacial score (nSPS) is 11.1. The maximum absolute atomic E-state index is 12.2. The van der Waals surface area contributed by atoms with E-state index in [9.17, 15) is 4.79 Å². The quantitative estimate of drug-likeness (QED) is 0.664. The van der Waals surface area contributed by atoms with Gasteiger partial charge in [0.1, 0.15) is 0 Å². The Labute approximate surface area is 145 Å². The summed E-state index contributed by atoms with van der Waals surface area (Å²) in [6, 6.07) is 14.4. The van der Waals surface area contributed by atoms with Crippen molar-refractivity contribution in [3.8, 4) is 10.4 Å². The molecule has 4 nitrogen and oxygen atoms in total. The molecule has 0 aliphatic heterocycles. The predicted molar refractivity (Wildman–Crippen MR) is 98.5 cm³/mol. The molecular formula is C19H19N3OS. The highest BCUT2D eigenvalue weighted by atomic mass is 32.1. The van der Waals surface area contributed by atoms with Gasteiger partial charge >= 0.3 is 0 Å². The van der Waals surface area contributed by atoms with E-state index in [1.165, 1.54) is 10.4 Å². The first kappa shape index (κ1) is 16.2. The Balaban J connectivity index is 1.63. The largest absolute Gasteiger partial charge is 0.338 e. The lowest BCUT2D eigenvalue weighted by Crippen LogP contribution is -2.23. The molecule has 5 heteroatoms. The third-order valence-electron chi connectivity index (χ3n) is 3.63. The molecule has 0 aliphatic carbocycles. The molecule has 3 rings (SSSR count). The Hall–Kier alpha value is -2.66. The highest BCUT2D eigenvalue weighted by molar-refractivity contribution is 7.16. The molecule has 0 radical (unpaired) electrons. The van der Waals surface area contributed by atoms with Crippen LogP contribution in [-0.4, -0.2) is 27.6 Å². The van der Waals surface area contributed by atoms with E-state index in [0.717, 1.165) is 10.4 Å². The van der Waals surface area contributed by atoms with Crippen molar-refractivity contribution in [1.29, 1.82) is 0 Å². The SMILES string of the molecule is CN(Cc1cnn(C)c1)C(=O)/C=C/c1ccc(-c2ccccc2)s1. The topological polar surface area (TPSA) is 38.1 Å². The van der Waals surface area contributed by atoms with Crippen molar-refractivity contribution in [3.63, 3.8) is 0 Å². The first-order valence-corrected chi connectivity index (χ1v) is 8.49. The fourth-order valence-corrected chi connectivity index (χ4v) is 3.30. The number of hydrogen-bond acceptors (Lipinski definition) is 3. The number of hydrogen-bond donors (Lipinski definition) is 0. The highest BCUT2D eigenvalue weighted by Gasteiger charge is 2.07. The molecule has 0 aliphatic rings. The number of nitrogens with zero attached hydrogens (tertiary/aromatic N) is 3. The van der Waals surface area contributed by atoms with E-state index in [1.807, 2.05) is 43.6 Å². The minimum Gasteiger partial charge on any atom is -0.338 e. The summed E-state index contributed by atoms with van der Waals surface area (Å²) in [6.07, 6.45) is 7.19. The van der Waals surface area contributed by atoms with Crippen LogP contribution < -0.4 is 0 Å². The lowest BCUT2D eigenvalue weighted by Gasteiger charge is -2.13. The van der Waals surface area contributed by atoms with Crippen LogP contribution in [-0.2, 0) is 18.4 Å². The monoisotopic (exact) mass is 337 g/mol. The van der Waals surface area contributed by atoms with E-state index in [0.29, 0.717) is 6.54 Å². The van der Waals surface area contributed by atoms with E-state index >= 15 is 0 Å². The zero-order chi connectivity index (χ0) is 16.9. The van der Waals surface area contributed by atoms with Gasteiger partial charge in [0.15, 0.2) is 0 Å². The molecule has 0 spiro atoms. The van der Waals surface area contributed by atoms with Crippen molar-refractivity contribution in [2.75, 3.05) is 7.05 Å². The van der Waals surface area contributed by atoms with Gasteiger partial charge in [-0.25, -0.2) is 0 Å². The fraction of sp³-hybridized carbons (Fsp3) is 0.158. The molecule has 0 bridgehead atoms. The van der Waals surface area contributed by atoms with Crippen LogP contribution in [0.2, 0.25) is 0 Å². The third kappa shape index (κ3) is 4.00. The van der Waals surface area contributed by atoms with Crippen molar-refractivity contribution in [3.05, 3.63) is 71.4 Å². The number of carbonyl (C=O) groups is 1. The molecule has 2 aromatic heterocycles. The Bertz CT molecular complexity index is 848. The molecule has 1 aromatic carbocycles. The summed E-state index contributed by atoms with van der Waals surface area (Å²) in [4.78, 5) is 16.2. The second-order valence-corrected chi connectivity index (χ2v) is 6.73. The third-order valence-corrected chi connectivity index (χ3v) is 4.73. The Morgan fingerprint density at radius 1 is 1.25 bits per heavy atom. The van der Waals surface area contributed by atoms with E-state index < -0.39 is 0 Å². The molecule has 2 heterocycles. The van der Waals surface area contributed by atoms with E-state index in [4.69, 9.17) is 0 Å². The summed E-state index contributed by atoms with van der Waals surface area (Å²) in [5, 5.41) is 4.12. The molecule has 0 N–H and O–H groups in total. The summed E-state index contributed by atoms with van der Waals surface area (Å²) in [5.74, 6) is -0.0199. The maximum atomic E-state index is 12.2. The molecular weight excluding hydrogens is 318 g/mol. The first-order chi connectivity index (χ1) is 11.6. The molecule has 0 atom stereocenters. The van der Waals surface area contributed by atoms with Gasteiger partial charge in [0, 0.05) is 48.2 Å². The number of aryl methyl sites for hydroxylation is 1. The van der Waals surface area contributed by atoms with Crippen molar-refractivity contribution in [1.82, 2.24) is 14.7 Å². The highest BCUT2D eigenvalue weighted by Crippen LogP contribution is 2.28. The van der Waals surface area contributed by atoms with Crippen LogP contribution in [0.3, 0.4) is 0 Å². The average Bonchev–Trinajstić information content (AvgIpc) is 3.22. The Kier molecular flexibility index (Phi) is 4.91. The Morgan fingerprint density at radius 2 is 2.04 bits per heavy atom. The number of amides is 1. The van der Waals surface area contributed by atoms with Gasteiger partial charge < -0.3 is 4.90 Å². The number of rotatable bonds is 5. The average molecular weight is 337 g/mol. The van der Waals surface area contributed by atoms with Crippen molar-refractivity contribution >= 4 is 23.3 Å². The number of benzene rings is 1. The molecule has 1 amide bonds. The number of carbonyl (C=O) groups excluding carboxylic acids is 1. The summed E-state index contributed by atoms with van der Waals surface area (Å²) in [5.41, 5.74) is 2.21.